The molecule has 2 rings (SSSR count). The van der Waals surface area contributed by atoms with Crippen LogP contribution in [0.1, 0.15) is 17.5 Å². The highest BCUT2D eigenvalue weighted by Gasteiger charge is 2.28. The first-order chi connectivity index (χ1) is 14.7. The van der Waals surface area contributed by atoms with Gasteiger partial charge in [-0.3, -0.25) is 9.59 Å². The summed E-state index contributed by atoms with van der Waals surface area (Å²) in [6.45, 7) is -0.0593. The lowest BCUT2D eigenvalue weighted by molar-refractivity contribution is -0.142. The fourth-order valence-corrected chi connectivity index (χ4v) is 2.66. The number of alkyl carbamates (subject to hydrolysis) is 1. The second-order valence-electron chi connectivity index (χ2n) is 6.70. The van der Waals surface area contributed by atoms with Crippen LogP contribution >= 0.6 is 0 Å². The van der Waals surface area contributed by atoms with E-state index in [0.29, 0.717) is 11.1 Å². The van der Waals surface area contributed by atoms with Gasteiger partial charge in [0.25, 0.3) is 0 Å². The van der Waals surface area contributed by atoms with Crippen molar-refractivity contribution in [2.45, 2.75) is 31.5 Å². The lowest BCUT2D eigenvalue weighted by Crippen LogP contribution is -2.53. The van der Waals surface area contributed by atoms with Gasteiger partial charge in [-0.2, -0.15) is 0 Å². The molecule has 0 aliphatic heterocycles. The molecule has 3 amide bonds. The topological polar surface area (TPSA) is 168 Å². The number of aliphatic carboxylic acids is 1. The van der Waals surface area contributed by atoms with Crippen molar-refractivity contribution >= 4 is 23.9 Å². The third-order valence-electron chi connectivity index (χ3n) is 4.22. The van der Waals surface area contributed by atoms with E-state index in [1.807, 2.05) is 0 Å². The second-order valence-corrected chi connectivity index (χ2v) is 6.70. The molecule has 0 radical (unpaired) electrons. The Bertz CT molecular complexity index is 916. The van der Waals surface area contributed by atoms with Gasteiger partial charge in [0.1, 0.15) is 24.4 Å². The quantitative estimate of drug-likeness (QED) is 0.370. The number of phenols is 1. The lowest BCUT2D eigenvalue weighted by Gasteiger charge is -2.20. The number of ether oxygens (including phenoxy) is 1. The number of nitrogens with one attached hydrogen (secondary N) is 2. The maximum Gasteiger partial charge on any atom is 0.408 e. The Morgan fingerprint density at radius 1 is 0.903 bits per heavy atom. The van der Waals surface area contributed by atoms with Crippen LogP contribution in [0.2, 0.25) is 0 Å². The van der Waals surface area contributed by atoms with Crippen LogP contribution in [0.4, 0.5) is 4.79 Å². The van der Waals surface area contributed by atoms with Crippen molar-refractivity contribution in [3.8, 4) is 5.75 Å². The van der Waals surface area contributed by atoms with Crippen LogP contribution in [-0.2, 0) is 32.1 Å². The van der Waals surface area contributed by atoms with E-state index in [1.54, 1.807) is 30.3 Å². The van der Waals surface area contributed by atoms with Crippen LogP contribution in [-0.4, -0.2) is 46.2 Å². The molecule has 2 atom stereocenters. The fourth-order valence-electron chi connectivity index (χ4n) is 2.66. The monoisotopic (exact) mass is 429 g/mol. The van der Waals surface area contributed by atoms with Crippen molar-refractivity contribution in [3.05, 3.63) is 65.7 Å². The van der Waals surface area contributed by atoms with E-state index >= 15 is 0 Å². The van der Waals surface area contributed by atoms with E-state index in [-0.39, 0.29) is 18.8 Å². The number of amides is 3. The number of phenolic OH excluding ortho intramolecular Hbond substituents is 1. The normalized spacial score (nSPS) is 12.3. The molecule has 0 aromatic heterocycles. The molecule has 0 spiro atoms. The van der Waals surface area contributed by atoms with Crippen molar-refractivity contribution in [1.29, 1.82) is 0 Å². The predicted octanol–water partition coefficient (Wildman–Crippen LogP) is 0.674. The van der Waals surface area contributed by atoms with Crippen LogP contribution in [0.3, 0.4) is 0 Å². The first-order valence-corrected chi connectivity index (χ1v) is 9.31. The summed E-state index contributed by atoms with van der Waals surface area (Å²) < 4.78 is 5.03. The smallest absolute Gasteiger partial charge is 0.408 e. The van der Waals surface area contributed by atoms with Gasteiger partial charge in [0, 0.05) is 6.42 Å². The molecule has 2 aromatic carbocycles. The minimum atomic E-state index is -1.41. The van der Waals surface area contributed by atoms with Gasteiger partial charge in [0.2, 0.25) is 11.8 Å². The van der Waals surface area contributed by atoms with Gasteiger partial charge < -0.3 is 31.3 Å². The highest BCUT2D eigenvalue weighted by molar-refractivity contribution is 5.92. The summed E-state index contributed by atoms with van der Waals surface area (Å²) in [5.74, 6) is -3.07. The van der Waals surface area contributed by atoms with Crippen LogP contribution in [0.5, 0.6) is 5.75 Å². The van der Waals surface area contributed by atoms with Crippen LogP contribution < -0.4 is 16.4 Å². The average molecular weight is 429 g/mol. The van der Waals surface area contributed by atoms with E-state index in [2.05, 4.69) is 10.6 Å². The Labute approximate surface area is 178 Å². The molecular weight excluding hydrogens is 406 g/mol. The maximum absolute atomic E-state index is 12.6. The number of nitrogens with two attached hydrogens (primary N) is 1. The minimum absolute atomic E-state index is 0.0133. The molecule has 0 fully saturated rings. The molecule has 0 heterocycles. The molecule has 0 saturated heterocycles. The van der Waals surface area contributed by atoms with E-state index in [0.717, 1.165) is 0 Å². The Balaban J connectivity index is 2.00. The van der Waals surface area contributed by atoms with Crippen LogP contribution in [0.25, 0.3) is 0 Å². The van der Waals surface area contributed by atoms with Crippen molar-refractivity contribution in [1.82, 2.24) is 10.6 Å². The molecule has 2 unspecified atom stereocenters. The molecule has 6 N–H and O–H groups in total. The first-order valence-electron chi connectivity index (χ1n) is 9.31. The summed E-state index contributed by atoms with van der Waals surface area (Å²) in [7, 11) is 0. The average Bonchev–Trinajstić information content (AvgIpc) is 2.73. The van der Waals surface area contributed by atoms with Crippen LogP contribution in [0, 0.1) is 0 Å². The number of hydrogen-bond donors (Lipinski definition) is 5. The number of carboxylic acids is 1. The largest absolute Gasteiger partial charge is 0.508 e. The van der Waals surface area contributed by atoms with E-state index < -0.39 is 42.4 Å². The first kappa shape index (κ1) is 23.2. The van der Waals surface area contributed by atoms with E-state index in [1.165, 1.54) is 24.3 Å². The van der Waals surface area contributed by atoms with Gasteiger partial charge in [-0.1, -0.05) is 42.5 Å². The summed E-state index contributed by atoms with van der Waals surface area (Å²) in [6, 6.07) is 11.8. The van der Waals surface area contributed by atoms with Gasteiger partial charge in [0.15, 0.2) is 0 Å². The highest BCUT2D eigenvalue weighted by Crippen LogP contribution is 2.12. The Kier molecular flexibility index (Phi) is 8.38. The third-order valence-corrected chi connectivity index (χ3v) is 4.22. The number of carbonyl (C=O) groups is 4. The maximum atomic E-state index is 12.6. The van der Waals surface area contributed by atoms with Gasteiger partial charge in [-0.05, 0) is 23.3 Å². The fraction of sp³-hybridized carbons (Fsp3) is 0.238. The molecule has 0 bridgehead atoms. The molecule has 164 valence electrons. The van der Waals surface area contributed by atoms with Crippen molar-refractivity contribution in [3.63, 3.8) is 0 Å². The summed E-state index contributed by atoms with van der Waals surface area (Å²) in [5.41, 5.74) is 6.41. The Morgan fingerprint density at radius 2 is 1.55 bits per heavy atom. The summed E-state index contributed by atoms with van der Waals surface area (Å²) in [4.78, 5) is 47.5. The van der Waals surface area contributed by atoms with Gasteiger partial charge >= 0.3 is 12.1 Å². The number of benzene rings is 2. The number of hydrogen-bond acceptors (Lipinski definition) is 6. The number of carboxylic acid groups (broad SMARTS) is 1. The van der Waals surface area contributed by atoms with Gasteiger partial charge in [-0.15, -0.1) is 0 Å². The number of rotatable bonds is 10. The molecule has 0 aliphatic rings. The number of aromatic hydroxyl groups is 1. The number of carbonyl (C=O) groups excluding carboxylic acids is 3. The summed E-state index contributed by atoms with van der Waals surface area (Å²) >= 11 is 0. The van der Waals surface area contributed by atoms with Crippen molar-refractivity contribution in [2.24, 2.45) is 5.73 Å². The zero-order valence-electron chi connectivity index (χ0n) is 16.5. The second kappa shape index (κ2) is 11.2. The van der Waals surface area contributed by atoms with Gasteiger partial charge in [0.05, 0.1) is 6.42 Å². The molecule has 31 heavy (non-hydrogen) atoms. The van der Waals surface area contributed by atoms with Crippen molar-refractivity contribution in [2.75, 3.05) is 0 Å². The standard InChI is InChI=1S/C21H23N3O7/c22-18(26)11-16(24-21(30)31-12-14-4-2-1-3-5-14)19(27)23-17(20(28)29)10-13-6-8-15(25)9-7-13/h1-9,16-17,25H,10-12H2,(H2,22,26)(H,23,27)(H,24,30)(H,28,29). The molecule has 0 saturated carbocycles. The summed E-state index contributed by atoms with van der Waals surface area (Å²) in [6.07, 6.45) is -1.59. The summed E-state index contributed by atoms with van der Waals surface area (Å²) in [5, 5.41) is 23.3. The zero-order chi connectivity index (χ0) is 22.8. The van der Waals surface area contributed by atoms with E-state index in [9.17, 15) is 29.4 Å². The SMILES string of the molecule is NC(=O)CC(NC(=O)OCc1ccccc1)C(=O)NC(Cc1ccc(O)cc1)C(=O)O. The lowest BCUT2D eigenvalue weighted by atomic mass is 10.0. The number of primary amides is 1. The highest BCUT2D eigenvalue weighted by atomic mass is 16.5. The molecular formula is C21H23N3O7. The Morgan fingerprint density at radius 3 is 2.13 bits per heavy atom. The van der Waals surface area contributed by atoms with Gasteiger partial charge in [-0.25, -0.2) is 9.59 Å². The van der Waals surface area contributed by atoms with E-state index in [4.69, 9.17) is 10.5 Å². The third kappa shape index (κ3) is 8.05. The minimum Gasteiger partial charge on any atom is -0.508 e. The Hall–Kier alpha value is -4.08. The molecule has 10 heteroatoms. The predicted molar refractivity (Wildman–Crippen MR) is 109 cm³/mol. The van der Waals surface area contributed by atoms with Crippen LogP contribution in [0.15, 0.2) is 54.6 Å². The zero-order valence-corrected chi connectivity index (χ0v) is 16.5. The molecule has 2 aromatic rings. The van der Waals surface area contributed by atoms with Crippen molar-refractivity contribution < 1.29 is 34.1 Å². The molecule has 0 aliphatic carbocycles. The molecule has 10 nitrogen and oxygen atoms in total.